The van der Waals surface area contributed by atoms with Gasteiger partial charge in [-0.25, -0.2) is 4.98 Å². The summed E-state index contributed by atoms with van der Waals surface area (Å²) in [6.45, 7) is 0.486. The molecule has 2 aromatic heterocycles. The van der Waals surface area contributed by atoms with Crippen molar-refractivity contribution in [2.24, 2.45) is 5.73 Å². The molecular formula is C14H13N5O2. The molecule has 0 unspecified atom stereocenters. The molecule has 7 heteroatoms. The van der Waals surface area contributed by atoms with E-state index in [0.29, 0.717) is 23.7 Å². The maximum Gasteiger partial charge on any atom is 0.277 e. The van der Waals surface area contributed by atoms with Crippen molar-refractivity contribution in [3.63, 3.8) is 0 Å². The molecule has 21 heavy (non-hydrogen) atoms. The lowest BCUT2D eigenvalue weighted by atomic mass is 10.1. The molecule has 0 bridgehead atoms. The van der Waals surface area contributed by atoms with Gasteiger partial charge in [0.2, 0.25) is 0 Å². The molecule has 0 saturated carbocycles. The SMILES string of the molecule is NCCc1nccn1-c1ccc([N+](=O)[O-])c2ccncc12. The van der Waals surface area contributed by atoms with Crippen LogP contribution in [0.5, 0.6) is 0 Å². The number of fused-ring (bicyclic) bond motifs is 1. The van der Waals surface area contributed by atoms with Gasteiger partial charge >= 0.3 is 0 Å². The average Bonchev–Trinajstić information content (AvgIpc) is 2.94. The molecule has 1 aromatic carbocycles. The molecule has 0 aliphatic carbocycles. The van der Waals surface area contributed by atoms with Gasteiger partial charge in [0.25, 0.3) is 5.69 Å². The monoisotopic (exact) mass is 283 g/mol. The number of benzene rings is 1. The zero-order valence-electron chi connectivity index (χ0n) is 11.1. The van der Waals surface area contributed by atoms with Crippen LogP contribution in [0.3, 0.4) is 0 Å². The Balaban J connectivity index is 2.27. The van der Waals surface area contributed by atoms with E-state index in [-0.39, 0.29) is 10.6 Å². The number of hydrogen-bond acceptors (Lipinski definition) is 5. The molecule has 0 spiro atoms. The Morgan fingerprint density at radius 3 is 2.86 bits per heavy atom. The molecular weight excluding hydrogens is 270 g/mol. The Morgan fingerprint density at radius 1 is 1.24 bits per heavy atom. The Kier molecular flexibility index (Phi) is 3.33. The van der Waals surface area contributed by atoms with Gasteiger partial charge in [-0.05, 0) is 18.7 Å². The third kappa shape index (κ3) is 2.23. The average molecular weight is 283 g/mol. The van der Waals surface area contributed by atoms with Crippen LogP contribution >= 0.6 is 0 Å². The van der Waals surface area contributed by atoms with E-state index in [0.717, 1.165) is 11.5 Å². The van der Waals surface area contributed by atoms with Gasteiger partial charge in [0.05, 0.1) is 16.0 Å². The highest BCUT2D eigenvalue weighted by Crippen LogP contribution is 2.30. The van der Waals surface area contributed by atoms with Crippen LogP contribution in [-0.2, 0) is 6.42 Å². The third-order valence-corrected chi connectivity index (χ3v) is 3.31. The smallest absolute Gasteiger partial charge is 0.277 e. The van der Waals surface area contributed by atoms with Crippen molar-refractivity contribution in [1.82, 2.24) is 14.5 Å². The normalized spacial score (nSPS) is 10.9. The summed E-state index contributed by atoms with van der Waals surface area (Å²) in [5.74, 6) is 0.816. The first kappa shape index (κ1) is 13.2. The number of rotatable bonds is 4. The highest BCUT2D eigenvalue weighted by molar-refractivity contribution is 5.96. The summed E-state index contributed by atoms with van der Waals surface area (Å²) in [6.07, 6.45) is 7.32. The van der Waals surface area contributed by atoms with Crippen molar-refractivity contribution >= 4 is 16.5 Å². The second kappa shape index (κ2) is 5.29. The summed E-state index contributed by atoms with van der Waals surface area (Å²) in [7, 11) is 0. The number of nitrogens with two attached hydrogens (primary N) is 1. The molecule has 0 radical (unpaired) electrons. The molecule has 0 saturated heterocycles. The molecule has 0 aliphatic heterocycles. The summed E-state index contributed by atoms with van der Waals surface area (Å²) in [5.41, 5.74) is 6.46. The van der Waals surface area contributed by atoms with Gasteiger partial charge in [0.1, 0.15) is 5.82 Å². The van der Waals surface area contributed by atoms with Crippen molar-refractivity contribution in [2.45, 2.75) is 6.42 Å². The molecule has 106 valence electrons. The van der Waals surface area contributed by atoms with Crippen LogP contribution in [-0.4, -0.2) is 26.0 Å². The molecule has 2 N–H and O–H groups in total. The molecule has 7 nitrogen and oxygen atoms in total. The number of nitro benzene ring substituents is 1. The lowest BCUT2D eigenvalue weighted by molar-refractivity contribution is -0.383. The largest absolute Gasteiger partial charge is 0.330 e. The summed E-state index contributed by atoms with van der Waals surface area (Å²) in [6, 6.07) is 4.87. The standard InChI is InChI=1S/C14H13N5O2/c15-5-3-14-17-7-8-18(14)12-1-2-13(19(20)21)10-4-6-16-9-11(10)12/h1-2,4,6-9H,3,5,15H2. The maximum atomic E-state index is 11.1. The van der Waals surface area contributed by atoms with E-state index in [2.05, 4.69) is 9.97 Å². The van der Waals surface area contributed by atoms with E-state index in [4.69, 9.17) is 5.73 Å². The molecule has 0 fully saturated rings. The minimum absolute atomic E-state index is 0.0663. The van der Waals surface area contributed by atoms with Crippen molar-refractivity contribution < 1.29 is 4.92 Å². The fourth-order valence-corrected chi connectivity index (χ4v) is 2.40. The van der Waals surface area contributed by atoms with Crippen molar-refractivity contribution in [1.29, 1.82) is 0 Å². The number of pyridine rings is 1. The number of nitrogens with zero attached hydrogens (tertiary/aromatic N) is 4. The second-order valence-electron chi connectivity index (χ2n) is 4.53. The first-order valence-corrected chi connectivity index (χ1v) is 6.46. The van der Waals surface area contributed by atoms with Gasteiger partial charge in [-0.2, -0.15) is 0 Å². The Labute approximate surface area is 120 Å². The van der Waals surface area contributed by atoms with E-state index in [1.165, 1.54) is 6.07 Å². The lowest BCUT2D eigenvalue weighted by Gasteiger charge is -2.10. The Morgan fingerprint density at radius 2 is 2.10 bits per heavy atom. The van der Waals surface area contributed by atoms with Crippen LogP contribution in [0.25, 0.3) is 16.5 Å². The van der Waals surface area contributed by atoms with E-state index in [1.807, 2.05) is 10.8 Å². The number of non-ortho nitro benzene ring substituents is 1. The third-order valence-electron chi connectivity index (χ3n) is 3.31. The van der Waals surface area contributed by atoms with Crippen molar-refractivity contribution in [3.8, 4) is 5.69 Å². The maximum absolute atomic E-state index is 11.1. The van der Waals surface area contributed by atoms with Gasteiger partial charge in [0, 0.05) is 42.7 Å². The van der Waals surface area contributed by atoms with E-state index < -0.39 is 0 Å². The second-order valence-corrected chi connectivity index (χ2v) is 4.53. The van der Waals surface area contributed by atoms with E-state index in [9.17, 15) is 10.1 Å². The zero-order chi connectivity index (χ0) is 14.8. The highest BCUT2D eigenvalue weighted by Gasteiger charge is 2.16. The number of hydrogen-bond donors (Lipinski definition) is 1. The molecule has 2 heterocycles. The zero-order valence-corrected chi connectivity index (χ0v) is 11.1. The fraction of sp³-hybridized carbons (Fsp3) is 0.143. The first-order chi connectivity index (χ1) is 10.2. The van der Waals surface area contributed by atoms with Gasteiger partial charge in [0.15, 0.2) is 0 Å². The lowest BCUT2D eigenvalue weighted by Crippen LogP contribution is -2.09. The van der Waals surface area contributed by atoms with Crippen LogP contribution in [0.2, 0.25) is 0 Å². The topological polar surface area (TPSA) is 99.9 Å². The Bertz CT molecular complexity index is 812. The van der Waals surface area contributed by atoms with E-state index in [1.54, 1.807) is 30.7 Å². The predicted molar refractivity (Wildman–Crippen MR) is 78.3 cm³/mol. The number of aromatic nitrogens is 3. The van der Waals surface area contributed by atoms with Gasteiger partial charge in [-0.3, -0.25) is 15.1 Å². The van der Waals surface area contributed by atoms with Crippen LogP contribution in [0.4, 0.5) is 5.69 Å². The highest BCUT2D eigenvalue weighted by atomic mass is 16.6. The van der Waals surface area contributed by atoms with Crippen LogP contribution < -0.4 is 5.73 Å². The molecule has 0 atom stereocenters. The first-order valence-electron chi connectivity index (χ1n) is 6.46. The minimum Gasteiger partial charge on any atom is -0.330 e. The minimum atomic E-state index is -0.388. The van der Waals surface area contributed by atoms with Gasteiger partial charge in [-0.15, -0.1) is 0 Å². The van der Waals surface area contributed by atoms with E-state index >= 15 is 0 Å². The molecule has 3 rings (SSSR count). The summed E-state index contributed by atoms with van der Waals surface area (Å²) >= 11 is 0. The van der Waals surface area contributed by atoms with Gasteiger partial charge < -0.3 is 10.3 Å². The number of imidazole rings is 1. The summed E-state index contributed by atoms with van der Waals surface area (Å²) < 4.78 is 1.89. The number of nitro groups is 1. The predicted octanol–water partition coefficient (Wildman–Crippen LogP) is 1.83. The van der Waals surface area contributed by atoms with Crippen molar-refractivity contribution in [2.75, 3.05) is 6.54 Å². The van der Waals surface area contributed by atoms with Gasteiger partial charge in [-0.1, -0.05) is 0 Å². The molecule has 0 aliphatic rings. The summed E-state index contributed by atoms with van der Waals surface area (Å²) in [5, 5.41) is 12.4. The van der Waals surface area contributed by atoms with Crippen LogP contribution in [0.15, 0.2) is 43.0 Å². The van der Waals surface area contributed by atoms with Crippen molar-refractivity contribution in [3.05, 3.63) is 58.9 Å². The van der Waals surface area contributed by atoms with Crippen LogP contribution in [0, 0.1) is 10.1 Å². The van der Waals surface area contributed by atoms with Crippen LogP contribution in [0.1, 0.15) is 5.82 Å². The Hall–Kier alpha value is -2.80. The summed E-state index contributed by atoms with van der Waals surface area (Å²) in [4.78, 5) is 19.1. The molecule has 3 aromatic rings. The molecule has 0 amide bonds. The quantitative estimate of drug-likeness (QED) is 0.581. The fourth-order valence-electron chi connectivity index (χ4n) is 2.40.